The number of benzene rings is 1. The molecule has 0 saturated heterocycles. The van der Waals surface area contributed by atoms with Crippen molar-refractivity contribution in [2.75, 3.05) is 10.5 Å². The van der Waals surface area contributed by atoms with Crippen LogP contribution in [-0.2, 0) is 14.8 Å². The Morgan fingerprint density at radius 1 is 1.47 bits per heavy atom. The van der Waals surface area contributed by atoms with Crippen molar-refractivity contribution < 1.29 is 23.1 Å². The van der Waals surface area contributed by atoms with Gasteiger partial charge >= 0.3 is 5.97 Å². The van der Waals surface area contributed by atoms with Gasteiger partial charge in [0.25, 0.3) is 0 Å². The summed E-state index contributed by atoms with van der Waals surface area (Å²) < 4.78 is 30.7. The quantitative estimate of drug-likeness (QED) is 0.796. The molecule has 1 rings (SSSR count). The van der Waals surface area contributed by atoms with Gasteiger partial charge in [-0.05, 0) is 25.5 Å². The standard InChI is InChI=1S/C12H17NO5S/c1-3-9(2)18-11-6-4-5-10(7-11)13-19(16,17)8-12(14)15/h4-7,9,13H,3,8H2,1-2H3,(H,14,15). The van der Waals surface area contributed by atoms with Crippen molar-refractivity contribution >= 4 is 21.7 Å². The maximum Gasteiger partial charge on any atom is 0.320 e. The fourth-order valence-corrected chi connectivity index (χ4v) is 2.21. The van der Waals surface area contributed by atoms with E-state index in [9.17, 15) is 13.2 Å². The third kappa shape index (κ3) is 5.60. The molecule has 7 heteroatoms. The molecule has 0 aromatic heterocycles. The molecule has 1 atom stereocenters. The number of aliphatic carboxylic acids is 1. The van der Waals surface area contributed by atoms with Gasteiger partial charge in [0.1, 0.15) is 5.75 Å². The molecule has 1 unspecified atom stereocenters. The van der Waals surface area contributed by atoms with E-state index < -0.39 is 21.7 Å². The lowest BCUT2D eigenvalue weighted by molar-refractivity contribution is -0.134. The molecule has 0 radical (unpaired) electrons. The van der Waals surface area contributed by atoms with Crippen LogP contribution in [0.4, 0.5) is 5.69 Å². The van der Waals surface area contributed by atoms with E-state index in [0.29, 0.717) is 5.75 Å². The summed E-state index contributed by atoms with van der Waals surface area (Å²) in [6, 6.07) is 6.39. The first-order valence-electron chi connectivity index (χ1n) is 5.81. The van der Waals surface area contributed by atoms with Gasteiger partial charge in [0.15, 0.2) is 5.75 Å². The van der Waals surface area contributed by atoms with E-state index in [-0.39, 0.29) is 11.8 Å². The molecule has 0 aliphatic carbocycles. The van der Waals surface area contributed by atoms with Gasteiger partial charge in [-0.3, -0.25) is 9.52 Å². The minimum absolute atomic E-state index is 0.0193. The molecule has 0 aliphatic heterocycles. The maximum absolute atomic E-state index is 11.5. The first-order valence-corrected chi connectivity index (χ1v) is 7.46. The van der Waals surface area contributed by atoms with Crippen LogP contribution in [0.25, 0.3) is 0 Å². The molecule has 106 valence electrons. The van der Waals surface area contributed by atoms with E-state index in [4.69, 9.17) is 9.84 Å². The van der Waals surface area contributed by atoms with E-state index in [0.717, 1.165) is 6.42 Å². The average molecular weight is 287 g/mol. The number of carbonyl (C=O) groups is 1. The summed E-state index contributed by atoms with van der Waals surface area (Å²) in [6.45, 7) is 3.88. The number of rotatable bonds is 7. The minimum Gasteiger partial charge on any atom is -0.491 e. The van der Waals surface area contributed by atoms with Crippen molar-refractivity contribution in [2.45, 2.75) is 26.4 Å². The molecule has 1 aromatic rings. The molecule has 0 bridgehead atoms. The van der Waals surface area contributed by atoms with Crippen molar-refractivity contribution in [3.63, 3.8) is 0 Å². The van der Waals surface area contributed by atoms with Crippen LogP contribution in [0, 0.1) is 0 Å². The van der Waals surface area contributed by atoms with Gasteiger partial charge in [-0.2, -0.15) is 0 Å². The third-order valence-corrected chi connectivity index (χ3v) is 3.51. The SMILES string of the molecule is CCC(C)Oc1cccc(NS(=O)(=O)CC(=O)O)c1. The van der Waals surface area contributed by atoms with Crippen LogP contribution in [0.5, 0.6) is 5.75 Å². The van der Waals surface area contributed by atoms with Crippen molar-refractivity contribution in [3.8, 4) is 5.75 Å². The summed E-state index contributed by atoms with van der Waals surface area (Å²) in [5.41, 5.74) is 0.280. The predicted octanol–water partition coefficient (Wildman–Crippen LogP) is 1.69. The highest BCUT2D eigenvalue weighted by molar-refractivity contribution is 7.93. The zero-order valence-electron chi connectivity index (χ0n) is 10.8. The second kappa shape index (κ2) is 6.42. The van der Waals surface area contributed by atoms with E-state index in [1.165, 1.54) is 12.1 Å². The normalized spacial score (nSPS) is 12.7. The molecule has 0 aliphatic rings. The monoisotopic (exact) mass is 287 g/mol. The minimum atomic E-state index is -3.89. The first-order chi connectivity index (χ1) is 8.82. The first kappa shape index (κ1) is 15.3. The zero-order chi connectivity index (χ0) is 14.5. The Morgan fingerprint density at radius 3 is 2.74 bits per heavy atom. The molecule has 0 spiro atoms. The molecule has 19 heavy (non-hydrogen) atoms. The summed E-state index contributed by atoms with van der Waals surface area (Å²) in [7, 11) is -3.89. The Kier molecular flexibility index (Phi) is 5.17. The average Bonchev–Trinajstić information content (AvgIpc) is 2.26. The van der Waals surface area contributed by atoms with Gasteiger partial charge < -0.3 is 9.84 Å². The highest BCUT2D eigenvalue weighted by atomic mass is 32.2. The maximum atomic E-state index is 11.5. The number of sulfonamides is 1. The Hall–Kier alpha value is -1.76. The number of anilines is 1. The molecule has 0 fully saturated rings. The molecule has 0 saturated carbocycles. The molecular weight excluding hydrogens is 270 g/mol. The van der Waals surface area contributed by atoms with Crippen molar-refractivity contribution in [2.24, 2.45) is 0 Å². The molecule has 1 aromatic carbocycles. The van der Waals surface area contributed by atoms with Crippen LogP contribution in [0.2, 0.25) is 0 Å². The predicted molar refractivity (Wildman–Crippen MR) is 71.9 cm³/mol. The third-order valence-electron chi connectivity index (χ3n) is 2.33. The van der Waals surface area contributed by atoms with E-state index in [1.807, 2.05) is 13.8 Å². The summed E-state index contributed by atoms with van der Waals surface area (Å²) >= 11 is 0. The van der Waals surface area contributed by atoms with Crippen LogP contribution in [0.15, 0.2) is 24.3 Å². The van der Waals surface area contributed by atoms with E-state index in [1.54, 1.807) is 12.1 Å². The Labute approximate surface area is 112 Å². The second-order valence-corrected chi connectivity index (χ2v) is 5.84. The van der Waals surface area contributed by atoms with Crippen LogP contribution in [0.3, 0.4) is 0 Å². The van der Waals surface area contributed by atoms with Crippen LogP contribution in [0.1, 0.15) is 20.3 Å². The molecule has 6 nitrogen and oxygen atoms in total. The van der Waals surface area contributed by atoms with Gasteiger partial charge in [-0.15, -0.1) is 0 Å². The highest BCUT2D eigenvalue weighted by Crippen LogP contribution is 2.20. The molecular formula is C12H17NO5S. The lowest BCUT2D eigenvalue weighted by Crippen LogP contribution is -2.22. The Bertz CT molecular complexity index is 541. The fraction of sp³-hybridized carbons (Fsp3) is 0.417. The molecule has 0 amide bonds. The number of hydrogen-bond donors (Lipinski definition) is 2. The summed E-state index contributed by atoms with van der Waals surface area (Å²) in [5, 5.41) is 8.49. The largest absolute Gasteiger partial charge is 0.491 e. The van der Waals surface area contributed by atoms with Gasteiger partial charge in [0.05, 0.1) is 11.8 Å². The lowest BCUT2D eigenvalue weighted by Gasteiger charge is -2.13. The Balaban J connectivity index is 2.80. The van der Waals surface area contributed by atoms with E-state index in [2.05, 4.69) is 4.72 Å². The molecule has 2 N–H and O–H groups in total. The summed E-state index contributed by atoms with van der Waals surface area (Å²) in [6.07, 6.45) is 0.848. The van der Waals surface area contributed by atoms with Gasteiger partial charge in [0.2, 0.25) is 10.0 Å². The van der Waals surface area contributed by atoms with E-state index >= 15 is 0 Å². The van der Waals surface area contributed by atoms with Gasteiger partial charge in [-0.1, -0.05) is 13.0 Å². The van der Waals surface area contributed by atoms with Crippen LogP contribution >= 0.6 is 0 Å². The number of carboxylic acid groups (broad SMARTS) is 1. The smallest absolute Gasteiger partial charge is 0.320 e. The fourth-order valence-electron chi connectivity index (χ4n) is 1.33. The Morgan fingerprint density at radius 2 is 2.16 bits per heavy atom. The van der Waals surface area contributed by atoms with Gasteiger partial charge in [-0.25, -0.2) is 8.42 Å². The summed E-state index contributed by atoms with van der Waals surface area (Å²) in [5.74, 6) is -1.84. The van der Waals surface area contributed by atoms with Gasteiger partial charge in [0, 0.05) is 6.07 Å². The van der Waals surface area contributed by atoms with Crippen LogP contribution < -0.4 is 9.46 Å². The number of hydrogen-bond acceptors (Lipinski definition) is 4. The lowest BCUT2D eigenvalue weighted by atomic mass is 10.3. The van der Waals surface area contributed by atoms with Crippen LogP contribution in [-0.4, -0.2) is 31.4 Å². The molecule has 0 heterocycles. The number of ether oxygens (including phenoxy) is 1. The van der Waals surface area contributed by atoms with Crippen molar-refractivity contribution in [3.05, 3.63) is 24.3 Å². The number of carboxylic acids is 1. The highest BCUT2D eigenvalue weighted by Gasteiger charge is 2.15. The van der Waals surface area contributed by atoms with Crippen molar-refractivity contribution in [1.29, 1.82) is 0 Å². The number of nitrogens with one attached hydrogen (secondary N) is 1. The summed E-state index contributed by atoms with van der Waals surface area (Å²) in [4.78, 5) is 10.4. The second-order valence-electron chi connectivity index (χ2n) is 4.12. The topological polar surface area (TPSA) is 92.7 Å². The zero-order valence-corrected chi connectivity index (χ0v) is 11.6. The van der Waals surface area contributed by atoms with Crippen molar-refractivity contribution in [1.82, 2.24) is 0 Å².